The topological polar surface area (TPSA) is 148 Å². The SMILES string of the molecule is O=C([O-])COCl.O=C([O-])COCl.O=C([O-])COCl.[Al+3].[H-].[Na+]. The molecule has 0 rings (SSSR count). The Morgan fingerprint density at radius 2 is 0.900 bits per heavy atom. The molecule has 9 nitrogen and oxygen atoms in total. The number of carbonyl (C=O) groups excluding carboxylic acids is 3. The fourth-order valence-corrected chi connectivity index (χ4v) is 0.401. The second-order valence-electron chi connectivity index (χ2n) is 1.88. The minimum absolute atomic E-state index is 0. The molecule has 0 heterocycles. The van der Waals surface area contributed by atoms with Crippen molar-refractivity contribution >= 4 is 70.9 Å². The molecule has 0 amide bonds. The van der Waals surface area contributed by atoms with E-state index in [2.05, 4.69) is 48.5 Å². The molecule has 14 heteroatoms. The van der Waals surface area contributed by atoms with Crippen LogP contribution in [0.25, 0.3) is 0 Å². The van der Waals surface area contributed by atoms with E-state index in [1.807, 2.05) is 0 Å². The number of halogens is 3. The smallest absolute Gasteiger partial charge is 1.00 e. The average molecular weight is 379 g/mol. The zero-order chi connectivity index (χ0) is 15.0. The first-order chi connectivity index (χ1) is 8.31. The molecule has 0 N–H and O–H groups in total. The Balaban J connectivity index is -0.0000000375. The Hall–Kier alpha value is 0.692. The van der Waals surface area contributed by atoms with Crippen molar-refractivity contribution in [1.29, 1.82) is 0 Å². The van der Waals surface area contributed by atoms with Crippen LogP contribution in [-0.4, -0.2) is 55.1 Å². The Morgan fingerprint density at radius 1 is 0.750 bits per heavy atom. The van der Waals surface area contributed by atoms with Crippen LogP contribution in [0.15, 0.2) is 0 Å². The summed E-state index contributed by atoms with van der Waals surface area (Å²) in [6.45, 7) is -1.66. The Kier molecular flexibility index (Phi) is 45.5. The summed E-state index contributed by atoms with van der Waals surface area (Å²) in [6.07, 6.45) is 0. The molecule has 20 heavy (non-hydrogen) atoms. The van der Waals surface area contributed by atoms with Gasteiger partial charge >= 0.3 is 46.9 Å². The molecule has 110 valence electrons. The molecule has 0 fully saturated rings. The maximum absolute atomic E-state index is 9.28. The predicted octanol–water partition coefficient (Wildman–Crippen LogP) is -6.54. The predicted molar refractivity (Wildman–Crippen MR) is 57.3 cm³/mol. The molecule has 0 saturated heterocycles. The molecule has 0 aliphatic heterocycles. The van der Waals surface area contributed by atoms with Crippen molar-refractivity contribution in [3.05, 3.63) is 0 Å². The van der Waals surface area contributed by atoms with Crippen LogP contribution in [0.4, 0.5) is 0 Å². The number of carbonyl (C=O) groups is 3. The minimum atomic E-state index is -1.31. The van der Waals surface area contributed by atoms with Crippen molar-refractivity contribution in [3.8, 4) is 0 Å². The van der Waals surface area contributed by atoms with Gasteiger partial charge < -0.3 is 31.1 Å². The van der Waals surface area contributed by atoms with Crippen molar-refractivity contribution in [2.75, 3.05) is 19.8 Å². The number of hydrogen-bond donors (Lipinski definition) is 0. The number of aliphatic carboxylic acids is 3. The van der Waals surface area contributed by atoms with Crippen molar-refractivity contribution in [2.24, 2.45) is 0 Å². The van der Waals surface area contributed by atoms with E-state index in [1.54, 1.807) is 0 Å². The maximum Gasteiger partial charge on any atom is 3.00 e. The summed E-state index contributed by atoms with van der Waals surface area (Å²) in [7, 11) is 0. The van der Waals surface area contributed by atoms with Gasteiger partial charge in [0.25, 0.3) is 0 Å². The Morgan fingerprint density at radius 3 is 0.900 bits per heavy atom. The van der Waals surface area contributed by atoms with E-state index >= 15 is 0 Å². The molecular weight excluding hydrogens is 372 g/mol. The summed E-state index contributed by atoms with van der Waals surface area (Å²) in [5.41, 5.74) is 0. The molecule has 0 saturated carbocycles. The molecule has 0 bridgehead atoms. The Bertz CT molecular complexity index is 213. The maximum atomic E-state index is 9.28. The normalized spacial score (nSPS) is 7.35. The van der Waals surface area contributed by atoms with E-state index in [0.29, 0.717) is 0 Å². The summed E-state index contributed by atoms with van der Waals surface area (Å²) in [5, 5.41) is 27.8. The standard InChI is InChI=1S/3C2H3ClO3.Al.Na.H/c3*3-6-1-2(4)5;;;/h3*1H2,(H,4,5);;;/q;;;+3;+1;-1/p-3. The van der Waals surface area contributed by atoms with E-state index in [-0.39, 0.29) is 48.3 Å². The van der Waals surface area contributed by atoms with Crippen LogP contribution in [-0.2, 0) is 27.3 Å². The molecule has 0 aliphatic carbocycles. The molecule has 0 aliphatic rings. The zero-order valence-corrected chi connectivity index (χ0v) is 15.4. The van der Waals surface area contributed by atoms with Gasteiger partial charge in [-0.3, -0.25) is 12.9 Å². The van der Waals surface area contributed by atoms with Gasteiger partial charge in [-0.05, 0) is 0 Å². The van der Waals surface area contributed by atoms with Gasteiger partial charge in [0.1, 0.15) is 19.8 Å². The number of hydrogen-bond acceptors (Lipinski definition) is 9. The first-order valence-electron chi connectivity index (χ1n) is 3.61. The summed E-state index contributed by atoms with van der Waals surface area (Å²) in [5.74, 6) is -3.94. The molecule has 0 radical (unpaired) electrons. The zero-order valence-electron chi connectivity index (χ0n) is 11.0. The molecule has 0 spiro atoms. The van der Waals surface area contributed by atoms with Gasteiger partial charge in [0, 0.05) is 0 Å². The van der Waals surface area contributed by atoms with E-state index in [4.69, 9.17) is 0 Å². The third-order valence-electron chi connectivity index (χ3n) is 0.517. The van der Waals surface area contributed by atoms with Crippen molar-refractivity contribution in [1.82, 2.24) is 0 Å². The summed E-state index contributed by atoms with van der Waals surface area (Å²) < 4.78 is 10.8. The third kappa shape index (κ3) is 62.3. The van der Waals surface area contributed by atoms with Crippen molar-refractivity contribution in [3.63, 3.8) is 0 Å². The first-order valence-corrected chi connectivity index (χ1v) is 4.54. The van der Waals surface area contributed by atoms with Gasteiger partial charge in [-0.25, -0.2) is 0 Å². The second-order valence-corrected chi connectivity index (χ2v) is 2.53. The van der Waals surface area contributed by atoms with Crippen LogP contribution >= 0.6 is 35.6 Å². The first kappa shape index (κ1) is 32.6. The van der Waals surface area contributed by atoms with Crippen LogP contribution < -0.4 is 44.9 Å². The molecule has 0 atom stereocenters. The van der Waals surface area contributed by atoms with Gasteiger partial charge in [-0.1, -0.05) is 0 Å². The van der Waals surface area contributed by atoms with Crippen LogP contribution in [0.2, 0.25) is 0 Å². The third-order valence-corrected chi connectivity index (χ3v) is 0.845. The van der Waals surface area contributed by atoms with Crippen LogP contribution in [0.3, 0.4) is 0 Å². The van der Waals surface area contributed by atoms with Gasteiger partial charge in [0.05, 0.1) is 53.5 Å². The number of carboxylic acid groups (broad SMARTS) is 3. The van der Waals surface area contributed by atoms with Crippen molar-refractivity contribution in [2.45, 2.75) is 0 Å². The largest absolute Gasteiger partial charge is 3.00 e. The average Bonchev–Trinajstić information content (AvgIpc) is 2.18. The van der Waals surface area contributed by atoms with Gasteiger partial charge in [-0.2, -0.15) is 0 Å². The molecular formula is C6H7AlCl3NaO9. The van der Waals surface area contributed by atoms with E-state index < -0.39 is 37.7 Å². The summed E-state index contributed by atoms with van der Waals surface area (Å²) in [4.78, 5) is 27.8. The second kappa shape index (κ2) is 27.9. The van der Waals surface area contributed by atoms with Crippen LogP contribution in [0, 0.1) is 0 Å². The Labute approximate surface area is 163 Å². The van der Waals surface area contributed by atoms with E-state index in [9.17, 15) is 29.7 Å². The molecule has 0 aromatic carbocycles. The molecule has 0 aromatic rings. The van der Waals surface area contributed by atoms with Crippen LogP contribution in [0.1, 0.15) is 1.43 Å². The quantitative estimate of drug-likeness (QED) is 0.411. The van der Waals surface area contributed by atoms with Gasteiger partial charge in [0.15, 0.2) is 0 Å². The molecule has 0 unspecified atom stereocenters. The number of rotatable bonds is 6. The van der Waals surface area contributed by atoms with Gasteiger partial charge in [-0.15, -0.1) is 0 Å². The minimum Gasteiger partial charge on any atom is -1.00 e. The van der Waals surface area contributed by atoms with E-state index in [1.165, 1.54) is 0 Å². The van der Waals surface area contributed by atoms with Crippen LogP contribution in [0.5, 0.6) is 0 Å². The van der Waals surface area contributed by atoms with E-state index in [0.717, 1.165) is 0 Å². The van der Waals surface area contributed by atoms with Gasteiger partial charge in [0.2, 0.25) is 0 Å². The summed E-state index contributed by atoms with van der Waals surface area (Å²) in [6, 6.07) is 0. The fourth-order valence-electron chi connectivity index (χ4n) is 0.134. The van der Waals surface area contributed by atoms with Crippen molar-refractivity contribution < 1.29 is 73.6 Å². The summed E-state index contributed by atoms with van der Waals surface area (Å²) >= 11 is 13.4. The number of carboxylic acids is 3. The molecule has 0 aromatic heterocycles. The fraction of sp³-hybridized carbons (Fsp3) is 0.500. The monoisotopic (exact) mass is 378 g/mol.